The maximum atomic E-state index is 11.3. The minimum Gasteiger partial charge on any atom is -0.379 e. The molecule has 0 atom stereocenters. The van der Waals surface area contributed by atoms with E-state index in [1.807, 2.05) is 24.3 Å². The van der Waals surface area contributed by atoms with Crippen LogP contribution in [0.4, 0.5) is 5.69 Å². The largest absolute Gasteiger partial charge is 0.379 e. The number of hydrogen-bond donors (Lipinski definition) is 1. The number of carbonyl (C=O) groups is 1. The lowest BCUT2D eigenvalue weighted by atomic mass is 10.0. The highest BCUT2D eigenvalue weighted by atomic mass is 35.5. The molecule has 3 aromatic rings. The predicted octanol–water partition coefficient (Wildman–Crippen LogP) is 4.22. The molecule has 1 aliphatic heterocycles. The van der Waals surface area contributed by atoms with E-state index in [0.717, 1.165) is 60.6 Å². The fourth-order valence-electron chi connectivity index (χ4n) is 3.61. The van der Waals surface area contributed by atoms with Crippen LogP contribution in [0.2, 0.25) is 5.02 Å². The highest BCUT2D eigenvalue weighted by molar-refractivity contribution is 6.34. The first kappa shape index (κ1) is 20.3. The number of morpholine rings is 1. The average Bonchev–Trinajstić information content (AvgIpc) is 2.75. The normalized spacial score (nSPS) is 14.4. The average molecular weight is 421 g/mol. The lowest BCUT2D eigenvalue weighted by Crippen LogP contribution is -2.35. The van der Waals surface area contributed by atoms with Crippen LogP contribution in [0.5, 0.6) is 0 Å². The van der Waals surface area contributed by atoms with E-state index in [4.69, 9.17) is 21.3 Å². The van der Waals surface area contributed by atoms with Gasteiger partial charge in [0.05, 0.1) is 46.8 Å². The first-order chi connectivity index (χ1) is 14.5. The van der Waals surface area contributed by atoms with Gasteiger partial charge in [0.15, 0.2) is 0 Å². The quantitative estimate of drug-likeness (QED) is 0.683. The number of pyridine rings is 1. The predicted molar refractivity (Wildman–Crippen MR) is 117 cm³/mol. The van der Waals surface area contributed by atoms with E-state index in [0.29, 0.717) is 16.3 Å². The summed E-state index contributed by atoms with van der Waals surface area (Å²) in [6.45, 7) is 5.45. The smallest absolute Gasteiger partial charge is 0.221 e. The van der Waals surface area contributed by atoms with Crippen molar-refractivity contribution >= 4 is 34.1 Å². The summed E-state index contributed by atoms with van der Waals surface area (Å²) in [6, 6.07) is 15.3. The SMILES string of the molecule is CC(=O)Nc1ccc(-c2cc(CN3CCOCC3)c3ccc(C#N)cc3n2)cc1Cl. The molecule has 1 N–H and O–H groups in total. The zero-order chi connectivity index (χ0) is 21.1. The number of ether oxygens (including phenoxy) is 1. The molecule has 2 aromatic carbocycles. The van der Waals surface area contributed by atoms with Crippen LogP contribution in [-0.4, -0.2) is 42.1 Å². The molecular formula is C23H21ClN4O2. The second-order valence-corrected chi connectivity index (χ2v) is 7.68. The molecule has 1 saturated heterocycles. The third kappa shape index (κ3) is 4.44. The number of hydrogen-bond acceptors (Lipinski definition) is 5. The number of aromatic nitrogens is 1. The molecule has 30 heavy (non-hydrogen) atoms. The molecular weight excluding hydrogens is 400 g/mol. The molecule has 0 radical (unpaired) electrons. The van der Waals surface area contributed by atoms with Crippen molar-refractivity contribution in [1.29, 1.82) is 5.26 Å². The summed E-state index contributed by atoms with van der Waals surface area (Å²) in [5.41, 5.74) is 4.68. The van der Waals surface area contributed by atoms with Crippen molar-refractivity contribution in [2.45, 2.75) is 13.5 Å². The Morgan fingerprint density at radius 1 is 1.23 bits per heavy atom. The number of rotatable bonds is 4. The van der Waals surface area contributed by atoms with Crippen LogP contribution in [0.3, 0.4) is 0 Å². The van der Waals surface area contributed by atoms with Gasteiger partial charge in [-0.2, -0.15) is 5.26 Å². The fraction of sp³-hybridized carbons (Fsp3) is 0.261. The fourth-order valence-corrected chi connectivity index (χ4v) is 3.84. The monoisotopic (exact) mass is 420 g/mol. The Labute approximate surface area is 180 Å². The number of benzene rings is 2. The maximum Gasteiger partial charge on any atom is 0.221 e. The highest BCUT2D eigenvalue weighted by Gasteiger charge is 2.15. The third-order valence-corrected chi connectivity index (χ3v) is 5.41. The number of nitrogens with zero attached hydrogens (tertiary/aromatic N) is 3. The summed E-state index contributed by atoms with van der Waals surface area (Å²) in [5.74, 6) is -0.176. The maximum absolute atomic E-state index is 11.3. The Bertz CT molecular complexity index is 1150. The van der Waals surface area contributed by atoms with Crippen molar-refractivity contribution in [3.8, 4) is 17.3 Å². The standard InChI is InChI=1S/C23H21ClN4O2/c1-15(29)26-21-5-3-17(11-20(21)24)22-12-18(14-28-6-8-30-9-7-28)19-4-2-16(13-25)10-23(19)27-22/h2-5,10-12H,6-9,14H2,1H3,(H,26,29). The Morgan fingerprint density at radius 2 is 2.03 bits per heavy atom. The van der Waals surface area contributed by atoms with Crippen molar-refractivity contribution in [3.63, 3.8) is 0 Å². The molecule has 1 fully saturated rings. The van der Waals surface area contributed by atoms with Gasteiger partial charge in [0.2, 0.25) is 5.91 Å². The van der Waals surface area contributed by atoms with E-state index in [2.05, 4.69) is 22.4 Å². The van der Waals surface area contributed by atoms with Crippen LogP contribution in [0.1, 0.15) is 18.1 Å². The van der Waals surface area contributed by atoms with Gasteiger partial charge in [-0.05, 0) is 35.9 Å². The number of fused-ring (bicyclic) bond motifs is 1. The molecule has 1 amide bonds. The van der Waals surface area contributed by atoms with Crippen molar-refractivity contribution in [2.24, 2.45) is 0 Å². The summed E-state index contributed by atoms with van der Waals surface area (Å²) in [5, 5.41) is 13.5. The second-order valence-electron chi connectivity index (χ2n) is 7.27. The third-order valence-electron chi connectivity index (χ3n) is 5.10. The van der Waals surface area contributed by atoms with Gasteiger partial charge in [-0.3, -0.25) is 9.69 Å². The molecule has 0 bridgehead atoms. The van der Waals surface area contributed by atoms with Crippen LogP contribution in [-0.2, 0) is 16.1 Å². The van der Waals surface area contributed by atoms with Crippen molar-refractivity contribution in [1.82, 2.24) is 9.88 Å². The minimum atomic E-state index is -0.176. The topological polar surface area (TPSA) is 78.3 Å². The number of anilines is 1. The summed E-state index contributed by atoms with van der Waals surface area (Å²) in [7, 11) is 0. The van der Waals surface area contributed by atoms with Crippen LogP contribution in [0.15, 0.2) is 42.5 Å². The van der Waals surface area contributed by atoms with E-state index in [9.17, 15) is 10.1 Å². The molecule has 0 aliphatic carbocycles. The van der Waals surface area contributed by atoms with Gasteiger partial charge in [0.25, 0.3) is 0 Å². The molecule has 1 aromatic heterocycles. The zero-order valence-corrected chi connectivity index (χ0v) is 17.4. The van der Waals surface area contributed by atoms with Gasteiger partial charge in [0, 0.05) is 37.5 Å². The highest BCUT2D eigenvalue weighted by Crippen LogP contribution is 2.31. The van der Waals surface area contributed by atoms with E-state index >= 15 is 0 Å². The van der Waals surface area contributed by atoms with Crippen LogP contribution >= 0.6 is 11.6 Å². The van der Waals surface area contributed by atoms with Crippen LogP contribution in [0, 0.1) is 11.3 Å². The lowest BCUT2D eigenvalue weighted by Gasteiger charge is -2.27. The van der Waals surface area contributed by atoms with Crippen LogP contribution < -0.4 is 5.32 Å². The number of nitrogens with one attached hydrogen (secondary N) is 1. The molecule has 2 heterocycles. The summed E-state index contributed by atoms with van der Waals surface area (Å²) >= 11 is 6.38. The molecule has 4 rings (SSSR count). The summed E-state index contributed by atoms with van der Waals surface area (Å²) in [6.07, 6.45) is 0. The number of nitriles is 1. The molecule has 152 valence electrons. The molecule has 0 spiro atoms. The number of halogens is 1. The van der Waals surface area contributed by atoms with Crippen LogP contribution in [0.25, 0.3) is 22.2 Å². The molecule has 0 saturated carbocycles. The summed E-state index contributed by atoms with van der Waals surface area (Å²) in [4.78, 5) is 18.5. The first-order valence-corrected chi connectivity index (χ1v) is 10.1. The summed E-state index contributed by atoms with van der Waals surface area (Å²) < 4.78 is 5.47. The van der Waals surface area contributed by atoms with Crippen molar-refractivity contribution in [2.75, 3.05) is 31.6 Å². The van der Waals surface area contributed by atoms with Gasteiger partial charge in [-0.25, -0.2) is 4.98 Å². The Balaban J connectivity index is 1.78. The molecule has 6 nitrogen and oxygen atoms in total. The van der Waals surface area contributed by atoms with Gasteiger partial charge < -0.3 is 10.1 Å². The van der Waals surface area contributed by atoms with Gasteiger partial charge in [-0.1, -0.05) is 23.7 Å². The first-order valence-electron chi connectivity index (χ1n) is 9.75. The lowest BCUT2D eigenvalue weighted by molar-refractivity contribution is -0.114. The van der Waals surface area contributed by atoms with Gasteiger partial charge >= 0.3 is 0 Å². The van der Waals surface area contributed by atoms with E-state index in [-0.39, 0.29) is 5.91 Å². The molecule has 7 heteroatoms. The number of amides is 1. The van der Waals surface area contributed by atoms with E-state index in [1.54, 1.807) is 12.1 Å². The number of carbonyl (C=O) groups excluding carboxylic acids is 1. The van der Waals surface area contributed by atoms with Gasteiger partial charge in [0.1, 0.15) is 0 Å². The van der Waals surface area contributed by atoms with Crippen molar-refractivity contribution in [3.05, 3.63) is 58.6 Å². The van der Waals surface area contributed by atoms with Gasteiger partial charge in [-0.15, -0.1) is 0 Å². The van der Waals surface area contributed by atoms with Crippen molar-refractivity contribution < 1.29 is 9.53 Å². The Kier molecular flexibility index (Phi) is 5.96. The minimum absolute atomic E-state index is 0.176. The Morgan fingerprint density at radius 3 is 2.73 bits per heavy atom. The molecule has 1 aliphatic rings. The second kappa shape index (κ2) is 8.80. The molecule has 0 unspecified atom stereocenters. The van der Waals surface area contributed by atoms with E-state index < -0.39 is 0 Å². The zero-order valence-electron chi connectivity index (χ0n) is 16.6. The van der Waals surface area contributed by atoms with E-state index in [1.165, 1.54) is 6.92 Å². The Hall–Kier alpha value is -2.98.